The maximum atomic E-state index is 12.7. The van der Waals surface area contributed by atoms with E-state index >= 15 is 0 Å². The van der Waals surface area contributed by atoms with E-state index < -0.39 is 36.1 Å². The number of aromatic amines is 2. The highest BCUT2D eigenvalue weighted by Gasteiger charge is 2.34. The van der Waals surface area contributed by atoms with Crippen LogP contribution in [0.4, 0.5) is 13.2 Å². The second-order valence-electron chi connectivity index (χ2n) is 4.42. The van der Waals surface area contributed by atoms with Crippen molar-refractivity contribution in [2.24, 2.45) is 0 Å². The Balaban J connectivity index is 2.22. The van der Waals surface area contributed by atoms with Gasteiger partial charge in [-0.2, -0.15) is 13.2 Å². The lowest BCUT2D eigenvalue weighted by atomic mass is 10.0. The first kappa shape index (κ1) is 16.1. The second-order valence-corrected chi connectivity index (χ2v) is 4.86. The van der Waals surface area contributed by atoms with Crippen LogP contribution in [-0.4, -0.2) is 27.3 Å². The quantitative estimate of drug-likeness (QED) is 0.800. The van der Waals surface area contributed by atoms with Gasteiger partial charge in [-0.1, -0.05) is 23.7 Å². The van der Waals surface area contributed by atoms with Gasteiger partial charge < -0.3 is 5.32 Å². The fourth-order valence-corrected chi connectivity index (χ4v) is 1.91. The Morgan fingerprint density at radius 2 is 1.95 bits per heavy atom. The molecule has 0 saturated heterocycles. The van der Waals surface area contributed by atoms with Gasteiger partial charge in [0.05, 0.1) is 12.5 Å². The van der Waals surface area contributed by atoms with Crippen LogP contribution in [-0.2, 0) is 0 Å². The van der Waals surface area contributed by atoms with Crippen molar-refractivity contribution in [3.05, 3.63) is 51.2 Å². The van der Waals surface area contributed by atoms with Crippen LogP contribution in [0.1, 0.15) is 28.6 Å². The molecule has 0 aliphatic rings. The van der Waals surface area contributed by atoms with Gasteiger partial charge in [0.1, 0.15) is 0 Å². The summed E-state index contributed by atoms with van der Waals surface area (Å²) < 4.78 is 38.0. The molecule has 1 aromatic heterocycles. The van der Waals surface area contributed by atoms with Crippen molar-refractivity contribution in [2.75, 3.05) is 0 Å². The minimum atomic E-state index is -4.49. The fraction of sp³-hybridized carbons (Fsp3) is 0.250. The molecule has 0 spiro atoms. The number of halogens is 4. The first-order valence-electron chi connectivity index (χ1n) is 6.02. The summed E-state index contributed by atoms with van der Waals surface area (Å²) in [5, 5.41) is 7.87. The van der Waals surface area contributed by atoms with Crippen LogP contribution >= 0.6 is 11.6 Å². The van der Waals surface area contributed by atoms with Crippen molar-refractivity contribution < 1.29 is 18.0 Å². The van der Waals surface area contributed by atoms with Crippen molar-refractivity contribution in [3.8, 4) is 0 Å². The van der Waals surface area contributed by atoms with Gasteiger partial charge in [0.15, 0.2) is 0 Å². The molecule has 6 nitrogen and oxygen atoms in total. The minimum Gasteiger partial charge on any atom is -0.342 e. The molecule has 0 aliphatic carbocycles. The first-order valence-corrected chi connectivity index (χ1v) is 6.40. The van der Waals surface area contributed by atoms with Gasteiger partial charge in [-0.3, -0.25) is 9.78 Å². The normalized spacial score (nSPS) is 12.9. The Bertz CT molecular complexity index is 708. The van der Waals surface area contributed by atoms with Gasteiger partial charge >= 0.3 is 11.9 Å². The van der Waals surface area contributed by atoms with Gasteiger partial charge in [0.2, 0.25) is 5.82 Å². The number of nitrogens with zero attached hydrogens (tertiary/aromatic N) is 1. The van der Waals surface area contributed by atoms with Gasteiger partial charge in [-0.05, 0) is 17.7 Å². The molecule has 2 aromatic rings. The predicted molar refractivity (Wildman–Crippen MR) is 71.5 cm³/mol. The molecule has 1 atom stereocenters. The number of nitrogens with one attached hydrogen (secondary N) is 3. The van der Waals surface area contributed by atoms with E-state index in [2.05, 4.69) is 15.4 Å². The van der Waals surface area contributed by atoms with Gasteiger partial charge in [0.25, 0.3) is 5.91 Å². The van der Waals surface area contributed by atoms with Crippen LogP contribution in [0.5, 0.6) is 0 Å². The molecule has 0 radical (unpaired) electrons. The Labute approximate surface area is 126 Å². The molecule has 3 N–H and O–H groups in total. The SMILES string of the molecule is O=C(N[C@@H](CC(F)(F)F)c1ccc(Cl)cc1)c1n[nH]c(=O)[nH]1. The van der Waals surface area contributed by atoms with E-state index in [-0.39, 0.29) is 5.56 Å². The Hall–Kier alpha value is -2.29. The van der Waals surface area contributed by atoms with Crippen LogP contribution in [0.3, 0.4) is 0 Å². The lowest BCUT2D eigenvalue weighted by Gasteiger charge is -2.20. The molecule has 10 heteroatoms. The average molecular weight is 335 g/mol. The number of amides is 1. The number of hydrogen-bond acceptors (Lipinski definition) is 3. The molecule has 2 rings (SSSR count). The molecule has 1 aromatic carbocycles. The highest BCUT2D eigenvalue weighted by Crippen LogP contribution is 2.30. The van der Waals surface area contributed by atoms with E-state index in [1.807, 2.05) is 5.10 Å². The Morgan fingerprint density at radius 3 is 2.45 bits per heavy atom. The van der Waals surface area contributed by atoms with Crippen LogP contribution in [0.25, 0.3) is 0 Å². The largest absolute Gasteiger partial charge is 0.391 e. The Kier molecular flexibility index (Phi) is 4.55. The summed E-state index contributed by atoms with van der Waals surface area (Å²) in [6.45, 7) is 0. The summed E-state index contributed by atoms with van der Waals surface area (Å²) in [5.74, 6) is -1.33. The van der Waals surface area contributed by atoms with Crippen LogP contribution in [0, 0.1) is 0 Å². The predicted octanol–water partition coefficient (Wildman–Crippen LogP) is 2.17. The Morgan fingerprint density at radius 1 is 1.32 bits per heavy atom. The van der Waals surface area contributed by atoms with Crippen molar-refractivity contribution in [1.82, 2.24) is 20.5 Å². The number of benzene rings is 1. The highest BCUT2D eigenvalue weighted by molar-refractivity contribution is 6.30. The molecule has 0 bridgehead atoms. The summed E-state index contributed by atoms with van der Waals surface area (Å²) in [5.41, 5.74) is -0.503. The topological polar surface area (TPSA) is 90.6 Å². The molecule has 1 heterocycles. The monoisotopic (exact) mass is 334 g/mol. The summed E-state index contributed by atoms with van der Waals surface area (Å²) in [4.78, 5) is 24.8. The molecule has 0 aliphatic heterocycles. The van der Waals surface area contributed by atoms with Crippen LogP contribution in [0.2, 0.25) is 5.02 Å². The van der Waals surface area contributed by atoms with Crippen molar-refractivity contribution >= 4 is 17.5 Å². The standard InChI is InChI=1S/C12H10ClF3N4O2/c13-7-3-1-6(2-4-7)8(5-12(14,15)16)17-10(21)9-18-11(22)20-19-9/h1-4,8H,5H2,(H,17,21)(H2,18,19,20,22)/t8-/m0/s1. The smallest absolute Gasteiger partial charge is 0.342 e. The maximum absolute atomic E-state index is 12.7. The van der Waals surface area contributed by atoms with Crippen LogP contribution < -0.4 is 11.0 Å². The summed E-state index contributed by atoms with van der Waals surface area (Å²) in [6, 6.07) is 4.27. The third-order valence-electron chi connectivity index (χ3n) is 2.73. The summed E-state index contributed by atoms with van der Waals surface area (Å²) in [7, 11) is 0. The van der Waals surface area contributed by atoms with E-state index in [9.17, 15) is 22.8 Å². The maximum Gasteiger partial charge on any atom is 0.391 e. The van der Waals surface area contributed by atoms with Gasteiger partial charge in [-0.15, -0.1) is 5.10 Å². The second kappa shape index (κ2) is 6.22. The highest BCUT2D eigenvalue weighted by atomic mass is 35.5. The molecule has 118 valence electrons. The zero-order chi connectivity index (χ0) is 16.3. The minimum absolute atomic E-state index is 0.230. The summed E-state index contributed by atoms with van der Waals surface area (Å²) >= 11 is 5.69. The van der Waals surface area contributed by atoms with E-state index in [1.165, 1.54) is 24.3 Å². The third kappa shape index (κ3) is 4.35. The fourth-order valence-electron chi connectivity index (χ4n) is 1.78. The number of carbonyl (C=O) groups excluding carboxylic acids is 1. The number of carbonyl (C=O) groups is 1. The molecule has 22 heavy (non-hydrogen) atoms. The third-order valence-corrected chi connectivity index (χ3v) is 2.98. The lowest BCUT2D eigenvalue weighted by Crippen LogP contribution is -2.32. The van der Waals surface area contributed by atoms with Crippen molar-refractivity contribution in [3.63, 3.8) is 0 Å². The first-order chi connectivity index (χ1) is 10.2. The van der Waals surface area contributed by atoms with E-state index in [1.54, 1.807) is 0 Å². The van der Waals surface area contributed by atoms with E-state index in [4.69, 9.17) is 11.6 Å². The number of aromatic nitrogens is 3. The van der Waals surface area contributed by atoms with Crippen molar-refractivity contribution in [2.45, 2.75) is 18.6 Å². The summed E-state index contributed by atoms with van der Waals surface area (Å²) in [6.07, 6.45) is -5.76. The van der Waals surface area contributed by atoms with E-state index in [0.29, 0.717) is 5.02 Å². The zero-order valence-corrected chi connectivity index (χ0v) is 11.6. The molecule has 0 fully saturated rings. The molecular formula is C12H10ClF3N4O2. The number of H-pyrrole nitrogens is 2. The molecule has 1 amide bonds. The van der Waals surface area contributed by atoms with Gasteiger partial charge in [0, 0.05) is 5.02 Å². The number of rotatable bonds is 4. The zero-order valence-electron chi connectivity index (χ0n) is 10.9. The molecule has 0 unspecified atom stereocenters. The molecular weight excluding hydrogens is 325 g/mol. The average Bonchev–Trinajstić information content (AvgIpc) is 2.84. The lowest BCUT2D eigenvalue weighted by molar-refractivity contribution is -0.139. The van der Waals surface area contributed by atoms with E-state index in [0.717, 1.165) is 0 Å². The van der Waals surface area contributed by atoms with Gasteiger partial charge in [-0.25, -0.2) is 9.89 Å². The van der Waals surface area contributed by atoms with Crippen LogP contribution in [0.15, 0.2) is 29.1 Å². The number of hydrogen-bond donors (Lipinski definition) is 3. The number of alkyl halides is 3. The molecule has 0 saturated carbocycles. The van der Waals surface area contributed by atoms with Crippen molar-refractivity contribution in [1.29, 1.82) is 0 Å².